The predicted molar refractivity (Wildman–Crippen MR) is 76.9 cm³/mol. The van der Waals surface area contributed by atoms with Crippen molar-refractivity contribution in [2.45, 2.75) is 17.7 Å². The number of hydrogen-bond acceptors (Lipinski definition) is 3. The summed E-state index contributed by atoms with van der Waals surface area (Å²) >= 11 is 5.80. The molecule has 4 nitrogen and oxygen atoms in total. The van der Waals surface area contributed by atoms with E-state index in [1.165, 1.54) is 0 Å². The second kappa shape index (κ2) is 6.22. The largest absolute Gasteiger partial charge is 0.319 e. The van der Waals surface area contributed by atoms with Crippen molar-refractivity contribution in [1.29, 1.82) is 0 Å². The molecule has 0 radical (unpaired) electrons. The number of sulfonamides is 1. The van der Waals surface area contributed by atoms with Gasteiger partial charge in [-0.15, -0.1) is 0 Å². The highest BCUT2D eigenvalue weighted by atomic mass is 35.5. The molecule has 0 saturated carbocycles. The molecule has 1 saturated heterocycles. The van der Waals surface area contributed by atoms with Crippen LogP contribution in [-0.4, -0.2) is 39.4 Å². The van der Waals surface area contributed by atoms with Crippen LogP contribution in [0.3, 0.4) is 0 Å². The summed E-state index contributed by atoms with van der Waals surface area (Å²) < 4.78 is 26.6. The van der Waals surface area contributed by atoms with E-state index >= 15 is 0 Å². The first kappa shape index (κ1) is 14.8. The summed E-state index contributed by atoms with van der Waals surface area (Å²) in [5.74, 6) is 0.390. The molecule has 0 amide bonds. The smallest absolute Gasteiger partial charge is 0.243 e. The first-order valence-corrected chi connectivity index (χ1v) is 8.26. The molecule has 0 bridgehead atoms. The zero-order chi connectivity index (χ0) is 13.9. The van der Waals surface area contributed by atoms with Gasteiger partial charge in [-0.3, -0.25) is 0 Å². The molecule has 6 heteroatoms. The van der Waals surface area contributed by atoms with Gasteiger partial charge in [0.2, 0.25) is 10.0 Å². The fourth-order valence-corrected chi connectivity index (χ4v) is 4.14. The monoisotopic (exact) mass is 302 g/mol. The van der Waals surface area contributed by atoms with Gasteiger partial charge in [-0.1, -0.05) is 11.6 Å². The van der Waals surface area contributed by atoms with E-state index < -0.39 is 10.0 Å². The van der Waals surface area contributed by atoms with Gasteiger partial charge in [0.05, 0.1) is 4.90 Å². The normalized spacial score (nSPS) is 21.5. The molecular weight excluding hydrogens is 284 g/mol. The third-order valence-corrected chi connectivity index (χ3v) is 5.56. The number of nitrogens with one attached hydrogen (secondary N) is 1. The van der Waals surface area contributed by atoms with E-state index in [0.29, 0.717) is 28.9 Å². The molecular formula is C13H19ClN2O2S. The highest BCUT2D eigenvalue weighted by molar-refractivity contribution is 7.89. The van der Waals surface area contributed by atoms with Crippen molar-refractivity contribution in [2.24, 2.45) is 5.92 Å². The molecule has 1 aromatic carbocycles. The van der Waals surface area contributed by atoms with Crippen LogP contribution >= 0.6 is 11.6 Å². The van der Waals surface area contributed by atoms with E-state index in [0.717, 1.165) is 19.4 Å². The Labute approximate surface area is 119 Å². The first-order chi connectivity index (χ1) is 9.04. The Morgan fingerprint density at radius 2 is 2.05 bits per heavy atom. The molecule has 1 fully saturated rings. The number of benzene rings is 1. The van der Waals surface area contributed by atoms with Crippen LogP contribution in [-0.2, 0) is 10.0 Å². The Bertz CT molecular complexity index is 514. The lowest BCUT2D eigenvalue weighted by atomic mass is 10.00. The maximum Gasteiger partial charge on any atom is 0.243 e. The minimum Gasteiger partial charge on any atom is -0.319 e. The number of hydrogen-bond donors (Lipinski definition) is 1. The minimum absolute atomic E-state index is 0.321. The van der Waals surface area contributed by atoms with Crippen LogP contribution in [0, 0.1) is 5.92 Å². The second-order valence-electron chi connectivity index (χ2n) is 4.88. The summed E-state index contributed by atoms with van der Waals surface area (Å²) in [6, 6.07) is 6.37. The average molecular weight is 303 g/mol. The molecule has 0 aromatic heterocycles. The lowest BCUT2D eigenvalue weighted by Crippen LogP contribution is -2.42. The maximum absolute atomic E-state index is 12.5. The van der Waals surface area contributed by atoms with E-state index in [1.54, 1.807) is 28.6 Å². The number of rotatable bonds is 4. The Balaban J connectivity index is 2.17. The fourth-order valence-electron chi connectivity index (χ4n) is 2.46. The lowest BCUT2D eigenvalue weighted by Gasteiger charge is -2.31. The van der Waals surface area contributed by atoms with Gasteiger partial charge < -0.3 is 5.32 Å². The Morgan fingerprint density at radius 3 is 2.68 bits per heavy atom. The highest BCUT2D eigenvalue weighted by Crippen LogP contribution is 2.24. The summed E-state index contributed by atoms with van der Waals surface area (Å²) in [7, 11) is -1.49. The van der Waals surface area contributed by atoms with E-state index in [-0.39, 0.29) is 0 Å². The van der Waals surface area contributed by atoms with Crippen LogP contribution in [0.4, 0.5) is 0 Å². The van der Waals surface area contributed by atoms with Crippen LogP contribution in [0.1, 0.15) is 12.8 Å². The molecule has 19 heavy (non-hydrogen) atoms. The first-order valence-electron chi connectivity index (χ1n) is 6.44. The van der Waals surface area contributed by atoms with Gasteiger partial charge in [0.15, 0.2) is 0 Å². The van der Waals surface area contributed by atoms with E-state index in [4.69, 9.17) is 11.6 Å². The Morgan fingerprint density at radius 1 is 1.37 bits per heavy atom. The van der Waals surface area contributed by atoms with Crippen LogP contribution in [0.15, 0.2) is 29.2 Å². The van der Waals surface area contributed by atoms with Crippen LogP contribution in [0.25, 0.3) is 0 Å². The van der Waals surface area contributed by atoms with Gasteiger partial charge >= 0.3 is 0 Å². The van der Waals surface area contributed by atoms with E-state index in [2.05, 4.69) is 5.32 Å². The number of piperidine rings is 1. The molecule has 1 atom stereocenters. The minimum atomic E-state index is -3.38. The maximum atomic E-state index is 12.5. The van der Waals surface area contributed by atoms with Crippen LogP contribution < -0.4 is 5.32 Å². The summed E-state index contributed by atoms with van der Waals surface area (Å²) in [5.41, 5.74) is 0. The fraction of sp³-hybridized carbons (Fsp3) is 0.538. The van der Waals surface area contributed by atoms with Crippen molar-refractivity contribution in [1.82, 2.24) is 9.62 Å². The average Bonchev–Trinajstić information content (AvgIpc) is 2.40. The summed E-state index contributed by atoms with van der Waals surface area (Å²) in [6.45, 7) is 2.05. The topological polar surface area (TPSA) is 49.4 Å². The number of nitrogens with zero attached hydrogens (tertiary/aromatic N) is 1. The number of halogens is 1. The van der Waals surface area contributed by atoms with E-state index in [1.807, 2.05) is 7.05 Å². The van der Waals surface area contributed by atoms with Crippen molar-refractivity contribution in [3.05, 3.63) is 29.3 Å². The lowest BCUT2D eigenvalue weighted by molar-refractivity contribution is 0.263. The molecule has 1 aliphatic rings. The molecule has 1 unspecified atom stereocenters. The van der Waals surface area contributed by atoms with Gasteiger partial charge in [0.1, 0.15) is 0 Å². The SMILES string of the molecule is CNCC1CCCN(S(=O)(=O)c2ccc(Cl)cc2)C1. The van der Waals surface area contributed by atoms with Crippen LogP contribution in [0.5, 0.6) is 0 Å². The molecule has 2 rings (SSSR count). The third-order valence-electron chi connectivity index (χ3n) is 3.43. The second-order valence-corrected chi connectivity index (χ2v) is 7.26. The Kier molecular flexibility index (Phi) is 4.84. The molecule has 1 heterocycles. The van der Waals surface area contributed by atoms with Crippen molar-refractivity contribution in [3.8, 4) is 0 Å². The summed E-state index contributed by atoms with van der Waals surface area (Å²) in [4.78, 5) is 0.321. The zero-order valence-corrected chi connectivity index (χ0v) is 12.5. The van der Waals surface area contributed by atoms with Crippen molar-refractivity contribution < 1.29 is 8.42 Å². The summed E-state index contributed by atoms with van der Waals surface area (Å²) in [5, 5.41) is 3.66. The third kappa shape index (κ3) is 3.48. The van der Waals surface area contributed by atoms with Gasteiger partial charge in [-0.25, -0.2) is 8.42 Å². The molecule has 0 aliphatic carbocycles. The molecule has 106 valence electrons. The van der Waals surface area contributed by atoms with Gasteiger partial charge in [0.25, 0.3) is 0 Å². The van der Waals surface area contributed by atoms with Crippen molar-refractivity contribution in [2.75, 3.05) is 26.7 Å². The molecule has 0 spiro atoms. The quantitative estimate of drug-likeness (QED) is 0.925. The Hall–Kier alpha value is -0.620. The van der Waals surface area contributed by atoms with Gasteiger partial charge in [-0.2, -0.15) is 4.31 Å². The van der Waals surface area contributed by atoms with Gasteiger partial charge in [0, 0.05) is 18.1 Å². The zero-order valence-electron chi connectivity index (χ0n) is 11.0. The summed E-state index contributed by atoms with van der Waals surface area (Å²) in [6.07, 6.45) is 1.99. The van der Waals surface area contributed by atoms with Crippen LogP contribution in [0.2, 0.25) is 5.02 Å². The van der Waals surface area contributed by atoms with Crippen molar-refractivity contribution >= 4 is 21.6 Å². The van der Waals surface area contributed by atoms with E-state index in [9.17, 15) is 8.42 Å². The standard InChI is InChI=1S/C13H19ClN2O2S/c1-15-9-11-3-2-8-16(10-11)19(17,18)13-6-4-12(14)5-7-13/h4-7,11,15H,2-3,8-10H2,1H3. The molecule has 1 N–H and O–H groups in total. The predicted octanol–water partition coefficient (Wildman–Crippen LogP) is 1.96. The van der Waals surface area contributed by atoms with Gasteiger partial charge in [-0.05, 0) is 56.6 Å². The van der Waals surface area contributed by atoms with Crippen molar-refractivity contribution in [3.63, 3.8) is 0 Å². The highest BCUT2D eigenvalue weighted by Gasteiger charge is 2.29. The molecule has 1 aliphatic heterocycles. The molecule has 1 aromatic rings.